The predicted octanol–water partition coefficient (Wildman–Crippen LogP) is 6.57. The highest BCUT2D eigenvalue weighted by Gasteiger charge is 2.15. The molecule has 0 spiro atoms. The summed E-state index contributed by atoms with van der Waals surface area (Å²) in [6.07, 6.45) is 1.20. The van der Waals surface area contributed by atoms with Crippen molar-refractivity contribution in [1.82, 2.24) is 9.78 Å². The first-order chi connectivity index (χ1) is 15.5. The fourth-order valence-corrected chi connectivity index (χ4v) is 3.08. The molecule has 0 radical (unpaired) electrons. The molecule has 0 fully saturated rings. The number of aromatic nitrogens is 2. The van der Waals surface area contributed by atoms with Crippen LogP contribution in [0.15, 0.2) is 82.8 Å². The highest BCUT2D eigenvalue weighted by atomic mass is 35.5. The first kappa shape index (κ1) is 21.0. The molecule has 0 N–H and O–H groups in total. The van der Waals surface area contributed by atoms with Crippen LogP contribution in [0.5, 0.6) is 11.5 Å². The molecule has 0 aliphatic rings. The Hall–Kier alpha value is -4.20. The topological polar surface area (TPSA) is 92.9 Å². The van der Waals surface area contributed by atoms with Gasteiger partial charge in [0.05, 0.1) is 11.9 Å². The van der Waals surface area contributed by atoms with E-state index in [1.54, 1.807) is 36.4 Å². The molecule has 7 nitrogen and oxygen atoms in total. The molecule has 4 aromatic rings. The van der Waals surface area contributed by atoms with E-state index in [1.165, 1.54) is 24.4 Å². The number of halogens is 3. The van der Waals surface area contributed by atoms with Crippen LogP contribution in [0.3, 0.4) is 0 Å². The number of hydrogen-bond donors (Lipinski definition) is 0. The summed E-state index contributed by atoms with van der Waals surface area (Å²) in [5.74, 6) is -1.39. The number of benzene rings is 3. The Morgan fingerprint density at radius 2 is 1.75 bits per heavy atom. The van der Waals surface area contributed by atoms with Gasteiger partial charge in [0.1, 0.15) is 23.1 Å². The molecule has 32 heavy (non-hydrogen) atoms. The first-order valence-electron chi connectivity index (χ1n) is 9.13. The molecular weight excluding hydrogens is 440 g/mol. The number of azide groups is 1. The van der Waals surface area contributed by atoms with Gasteiger partial charge in [-0.25, -0.2) is 8.78 Å². The summed E-state index contributed by atoms with van der Waals surface area (Å²) in [6.45, 7) is 0. The van der Waals surface area contributed by atoms with Crippen molar-refractivity contribution in [3.63, 3.8) is 0 Å². The molecule has 3 aromatic carbocycles. The van der Waals surface area contributed by atoms with E-state index in [4.69, 9.17) is 21.9 Å². The normalized spacial score (nSPS) is 10.5. The standard InChI is InChI=1S/C22H12ClF2N5O2/c23-14-3-6-16(7-4-14)30-22(31)21(20(12-27-30)28-29-26)32-17-8-1-13(2-9-17)18-10-5-15(24)11-19(18)25/h1-12H. The van der Waals surface area contributed by atoms with Gasteiger partial charge in [-0.15, -0.1) is 0 Å². The molecule has 1 heterocycles. The van der Waals surface area contributed by atoms with Crippen molar-refractivity contribution in [2.45, 2.75) is 0 Å². The van der Waals surface area contributed by atoms with E-state index in [1.807, 2.05) is 0 Å². The Bertz CT molecular complexity index is 1400. The minimum absolute atomic E-state index is 0.101. The fourth-order valence-electron chi connectivity index (χ4n) is 2.95. The molecule has 0 aliphatic heterocycles. The summed E-state index contributed by atoms with van der Waals surface area (Å²) in [5, 5.41) is 7.97. The van der Waals surface area contributed by atoms with Crippen LogP contribution in [0.4, 0.5) is 14.5 Å². The molecule has 1 aromatic heterocycles. The molecule has 4 rings (SSSR count). The van der Waals surface area contributed by atoms with Gasteiger partial charge in [-0.1, -0.05) is 28.8 Å². The minimum atomic E-state index is -0.704. The van der Waals surface area contributed by atoms with Crippen molar-refractivity contribution in [3.05, 3.63) is 110 Å². The molecule has 158 valence electrons. The van der Waals surface area contributed by atoms with E-state index >= 15 is 0 Å². The Morgan fingerprint density at radius 1 is 1.03 bits per heavy atom. The molecule has 0 saturated carbocycles. The van der Waals surface area contributed by atoms with E-state index < -0.39 is 17.2 Å². The van der Waals surface area contributed by atoms with Crippen LogP contribution in [0.1, 0.15) is 0 Å². The first-order valence-corrected chi connectivity index (χ1v) is 9.51. The zero-order valence-corrected chi connectivity index (χ0v) is 16.9. The second-order valence-corrected chi connectivity index (χ2v) is 6.93. The van der Waals surface area contributed by atoms with Crippen molar-refractivity contribution in [2.75, 3.05) is 0 Å². The summed E-state index contributed by atoms with van der Waals surface area (Å²) in [5.41, 5.74) is 9.18. The lowest BCUT2D eigenvalue weighted by atomic mass is 10.1. The minimum Gasteiger partial charge on any atom is -0.451 e. The molecule has 10 heteroatoms. The Balaban J connectivity index is 1.71. The van der Waals surface area contributed by atoms with E-state index in [2.05, 4.69) is 15.1 Å². The largest absolute Gasteiger partial charge is 0.451 e. The second-order valence-electron chi connectivity index (χ2n) is 6.49. The summed E-state index contributed by atoms with van der Waals surface area (Å²) in [4.78, 5) is 15.7. The van der Waals surface area contributed by atoms with Crippen molar-refractivity contribution in [2.24, 2.45) is 5.11 Å². The van der Waals surface area contributed by atoms with Gasteiger partial charge < -0.3 is 4.74 Å². The molecule has 0 saturated heterocycles. The van der Waals surface area contributed by atoms with Crippen molar-refractivity contribution in [3.8, 4) is 28.3 Å². The van der Waals surface area contributed by atoms with Crippen LogP contribution < -0.4 is 10.3 Å². The SMILES string of the molecule is [N-]=[N+]=Nc1cnn(-c2ccc(Cl)cc2)c(=O)c1Oc1ccc(-c2ccc(F)cc2F)cc1. The van der Waals surface area contributed by atoms with Crippen LogP contribution in [0, 0.1) is 11.6 Å². The predicted molar refractivity (Wildman–Crippen MR) is 116 cm³/mol. The van der Waals surface area contributed by atoms with Gasteiger partial charge >= 0.3 is 5.56 Å². The summed E-state index contributed by atoms with van der Waals surface area (Å²) in [6, 6.07) is 15.8. The number of rotatable bonds is 5. The van der Waals surface area contributed by atoms with Crippen molar-refractivity contribution >= 4 is 17.3 Å². The van der Waals surface area contributed by atoms with Crippen LogP contribution in [-0.4, -0.2) is 9.78 Å². The van der Waals surface area contributed by atoms with Gasteiger partial charge in [-0.2, -0.15) is 9.78 Å². The molecule has 0 aliphatic carbocycles. The average molecular weight is 452 g/mol. The van der Waals surface area contributed by atoms with E-state index in [0.717, 1.165) is 16.8 Å². The molecule has 0 amide bonds. The zero-order valence-electron chi connectivity index (χ0n) is 16.1. The third kappa shape index (κ3) is 4.29. The van der Waals surface area contributed by atoms with Crippen molar-refractivity contribution < 1.29 is 13.5 Å². The lowest BCUT2D eigenvalue weighted by Gasteiger charge is -2.11. The van der Waals surface area contributed by atoms with Crippen LogP contribution >= 0.6 is 11.6 Å². The van der Waals surface area contributed by atoms with Gasteiger partial charge in [0.2, 0.25) is 5.75 Å². The highest BCUT2D eigenvalue weighted by molar-refractivity contribution is 6.30. The smallest absolute Gasteiger partial charge is 0.314 e. The van der Waals surface area contributed by atoms with Gasteiger partial charge in [-0.05, 0) is 59.6 Å². The van der Waals surface area contributed by atoms with Crippen LogP contribution in [-0.2, 0) is 0 Å². The Kier molecular flexibility index (Phi) is 5.85. The number of hydrogen-bond acceptors (Lipinski definition) is 4. The lowest BCUT2D eigenvalue weighted by Crippen LogP contribution is -2.21. The van der Waals surface area contributed by atoms with Crippen LogP contribution in [0.25, 0.3) is 27.3 Å². The summed E-state index contributed by atoms with van der Waals surface area (Å²) < 4.78 is 33.9. The van der Waals surface area contributed by atoms with E-state index in [0.29, 0.717) is 16.3 Å². The molecular formula is C22H12ClF2N5O2. The van der Waals surface area contributed by atoms with E-state index in [-0.39, 0.29) is 22.7 Å². The van der Waals surface area contributed by atoms with Gasteiger partial charge in [0.15, 0.2) is 0 Å². The molecule has 0 atom stereocenters. The third-order valence-electron chi connectivity index (χ3n) is 4.45. The second kappa shape index (κ2) is 8.89. The van der Waals surface area contributed by atoms with Crippen molar-refractivity contribution in [1.29, 1.82) is 0 Å². The van der Waals surface area contributed by atoms with Crippen LogP contribution in [0.2, 0.25) is 5.02 Å². The average Bonchev–Trinajstić information content (AvgIpc) is 2.78. The monoisotopic (exact) mass is 451 g/mol. The van der Waals surface area contributed by atoms with Gasteiger partial charge in [0.25, 0.3) is 0 Å². The zero-order chi connectivity index (χ0) is 22.7. The van der Waals surface area contributed by atoms with Gasteiger partial charge in [-0.3, -0.25) is 4.79 Å². The van der Waals surface area contributed by atoms with E-state index in [9.17, 15) is 13.6 Å². The summed E-state index contributed by atoms with van der Waals surface area (Å²) in [7, 11) is 0. The number of nitrogens with zero attached hydrogens (tertiary/aromatic N) is 5. The molecule has 0 bridgehead atoms. The maximum atomic E-state index is 14.0. The highest BCUT2D eigenvalue weighted by Crippen LogP contribution is 2.31. The Labute approximate surface area is 184 Å². The number of ether oxygens (including phenoxy) is 1. The molecule has 0 unspecified atom stereocenters. The Morgan fingerprint density at radius 3 is 2.41 bits per heavy atom. The third-order valence-corrected chi connectivity index (χ3v) is 4.71. The van der Waals surface area contributed by atoms with Gasteiger partial charge in [0, 0.05) is 21.6 Å². The quantitative estimate of drug-likeness (QED) is 0.195. The fraction of sp³-hybridized carbons (Fsp3) is 0. The maximum Gasteiger partial charge on any atom is 0.314 e. The lowest BCUT2D eigenvalue weighted by molar-refractivity contribution is 0.469. The summed E-state index contributed by atoms with van der Waals surface area (Å²) >= 11 is 5.89. The maximum absolute atomic E-state index is 14.0.